The van der Waals surface area contributed by atoms with Crippen LogP contribution in [-0.2, 0) is 4.74 Å². The molecule has 2 aromatic carbocycles. The molecule has 0 saturated carbocycles. The number of nitrogens with one attached hydrogen (secondary N) is 2. The normalized spacial score (nSPS) is 15.6. The molecule has 0 spiro atoms. The fraction of sp³-hybridized carbons (Fsp3) is 0.200. The van der Waals surface area contributed by atoms with Gasteiger partial charge in [-0.05, 0) is 42.0 Å². The van der Waals surface area contributed by atoms with E-state index < -0.39 is 0 Å². The van der Waals surface area contributed by atoms with E-state index in [1.165, 1.54) is 23.0 Å². The summed E-state index contributed by atoms with van der Waals surface area (Å²) in [6.07, 6.45) is 1.41. The maximum absolute atomic E-state index is 13.1. The number of nitrogens with two attached hydrogens (primary N) is 1. The minimum absolute atomic E-state index is 0. The SMILES string of the molecule is Cl.Cl.Nc1c(C(=O)Nc2ccc([C@H]3CNCCO3)cc2)cnn1-c1ccc(F)cc1. The second-order valence-electron chi connectivity index (χ2n) is 6.47. The summed E-state index contributed by atoms with van der Waals surface area (Å²) in [6.45, 7) is 2.31. The van der Waals surface area contributed by atoms with Crippen molar-refractivity contribution in [1.29, 1.82) is 0 Å². The Morgan fingerprint density at radius 1 is 1.17 bits per heavy atom. The molecule has 1 aliphatic rings. The van der Waals surface area contributed by atoms with E-state index in [1.807, 2.05) is 24.3 Å². The highest BCUT2D eigenvalue weighted by atomic mass is 35.5. The van der Waals surface area contributed by atoms with E-state index in [0.29, 0.717) is 18.0 Å². The predicted octanol–water partition coefficient (Wildman–Crippen LogP) is 3.35. The van der Waals surface area contributed by atoms with Crippen molar-refractivity contribution in [1.82, 2.24) is 15.1 Å². The van der Waals surface area contributed by atoms with E-state index in [2.05, 4.69) is 15.7 Å². The fourth-order valence-corrected chi connectivity index (χ4v) is 3.08. The second-order valence-corrected chi connectivity index (χ2v) is 6.47. The number of rotatable bonds is 4. The van der Waals surface area contributed by atoms with Crippen LogP contribution in [0, 0.1) is 5.82 Å². The number of benzene rings is 2. The molecular weight excluding hydrogens is 432 g/mol. The lowest BCUT2D eigenvalue weighted by Gasteiger charge is -2.24. The summed E-state index contributed by atoms with van der Waals surface area (Å²) < 4.78 is 20.2. The van der Waals surface area contributed by atoms with E-state index in [0.717, 1.165) is 18.7 Å². The highest BCUT2D eigenvalue weighted by Crippen LogP contribution is 2.22. The number of ether oxygens (including phenoxy) is 1. The van der Waals surface area contributed by atoms with Gasteiger partial charge in [0.25, 0.3) is 5.91 Å². The number of nitrogens with zero attached hydrogens (tertiary/aromatic N) is 2. The molecule has 1 aliphatic heterocycles. The van der Waals surface area contributed by atoms with Crippen LogP contribution in [-0.4, -0.2) is 35.4 Å². The van der Waals surface area contributed by atoms with Crippen LogP contribution in [0.5, 0.6) is 0 Å². The van der Waals surface area contributed by atoms with Crippen molar-refractivity contribution in [2.75, 3.05) is 30.7 Å². The molecule has 160 valence electrons. The molecule has 10 heteroatoms. The van der Waals surface area contributed by atoms with Crippen molar-refractivity contribution in [3.05, 3.63) is 71.7 Å². The number of halogens is 3. The average molecular weight is 454 g/mol. The molecule has 0 aliphatic carbocycles. The minimum Gasteiger partial charge on any atom is -0.383 e. The van der Waals surface area contributed by atoms with Crippen LogP contribution in [0.25, 0.3) is 5.69 Å². The first-order valence-corrected chi connectivity index (χ1v) is 8.95. The zero-order chi connectivity index (χ0) is 19.5. The molecule has 1 saturated heterocycles. The first kappa shape index (κ1) is 23.6. The van der Waals surface area contributed by atoms with Gasteiger partial charge >= 0.3 is 0 Å². The van der Waals surface area contributed by atoms with Gasteiger partial charge in [0.15, 0.2) is 0 Å². The lowest BCUT2D eigenvalue weighted by atomic mass is 10.1. The molecule has 1 aromatic heterocycles. The Morgan fingerprint density at radius 2 is 1.87 bits per heavy atom. The number of morpholine rings is 1. The number of amides is 1. The molecule has 30 heavy (non-hydrogen) atoms. The first-order chi connectivity index (χ1) is 13.6. The van der Waals surface area contributed by atoms with Crippen LogP contribution in [0.3, 0.4) is 0 Å². The third kappa shape index (κ3) is 5.09. The van der Waals surface area contributed by atoms with Gasteiger partial charge in [0.1, 0.15) is 17.2 Å². The summed E-state index contributed by atoms with van der Waals surface area (Å²) in [5, 5.41) is 10.2. The lowest BCUT2D eigenvalue weighted by Crippen LogP contribution is -2.33. The highest BCUT2D eigenvalue weighted by molar-refractivity contribution is 6.07. The lowest BCUT2D eigenvalue weighted by molar-refractivity contribution is 0.0277. The van der Waals surface area contributed by atoms with Gasteiger partial charge < -0.3 is 21.1 Å². The summed E-state index contributed by atoms with van der Waals surface area (Å²) in [5.41, 5.74) is 8.58. The molecule has 3 aromatic rings. The van der Waals surface area contributed by atoms with Gasteiger partial charge in [0.05, 0.1) is 24.6 Å². The van der Waals surface area contributed by atoms with Gasteiger partial charge in [-0.25, -0.2) is 9.07 Å². The Morgan fingerprint density at radius 3 is 2.50 bits per heavy atom. The Labute approximate surface area is 185 Å². The van der Waals surface area contributed by atoms with Crippen LogP contribution in [0.15, 0.2) is 54.7 Å². The van der Waals surface area contributed by atoms with Crippen molar-refractivity contribution in [2.45, 2.75) is 6.10 Å². The largest absolute Gasteiger partial charge is 0.383 e. The van der Waals surface area contributed by atoms with E-state index in [4.69, 9.17) is 10.5 Å². The summed E-state index contributed by atoms with van der Waals surface area (Å²) >= 11 is 0. The van der Waals surface area contributed by atoms with Gasteiger partial charge in [-0.15, -0.1) is 24.8 Å². The molecule has 0 radical (unpaired) electrons. The summed E-state index contributed by atoms with van der Waals surface area (Å²) in [6, 6.07) is 13.2. The molecule has 7 nitrogen and oxygen atoms in total. The van der Waals surface area contributed by atoms with Gasteiger partial charge in [-0.2, -0.15) is 5.10 Å². The quantitative estimate of drug-likeness (QED) is 0.562. The van der Waals surface area contributed by atoms with E-state index in [9.17, 15) is 9.18 Å². The van der Waals surface area contributed by atoms with Gasteiger partial charge in [0.2, 0.25) is 0 Å². The number of anilines is 2. The van der Waals surface area contributed by atoms with E-state index in [-0.39, 0.29) is 54.0 Å². The number of hydrogen-bond acceptors (Lipinski definition) is 5. The number of carbonyl (C=O) groups excluding carboxylic acids is 1. The van der Waals surface area contributed by atoms with Crippen molar-refractivity contribution < 1.29 is 13.9 Å². The molecule has 4 rings (SSSR count). The number of nitrogen functional groups attached to an aromatic ring is 1. The number of aromatic nitrogens is 2. The Balaban J connectivity index is 0.00000160. The maximum atomic E-state index is 13.1. The van der Waals surface area contributed by atoms with Gasteiger partial charge in [0, 0.05) is 18.8 Å². The third-order valence-electron chi connectivity index (χ3n) is 4.59. The van der Waals surface area contributed by atoms with Crippen LogP contribution in [0.4, 0.5) is 15.9 Å². The zero-order valence-corrected chi connectivity index (χ0v) is 17.5. The Hall–Kier alpha value is -2.65. The molecule has 4 N–H and O–H groups in total. The van der Waals surface area contributed by atoms with Gasteiger partial charge in [-0.1, -0.05) is 12.1 Å². The molecular formula is C20H22Cl2FN5O2. The number of hydrogen-bond donors (Lipinski definition) is 3. The fourth-order valence-electron chi connectivity index (χ4n) is 3.08. The second kappa shape index (κ2) is 10.4. The zero-order valence-electron chi connectivity index (χ0n) is 15.9. The van der Waals surface area contributed by atoms with E-state index in [1.54, 1.807) is 12.1 Å². The van der Waals surface area contributed by atoms with Crippen molar-refractivity contribution in [3.63, 3.8) is 0 Å². The molecule has 0 unspecified atom stereocenters. The summed E-state index contributed by atoms with van der Waals surface area (Å²) in [4.78, 5) is 12.6. The van der Waals surface area contributed by atoms with Crippen molar-refractivity contribution in [3.8, 4) is 5.69 Å². The van der Waals surface area contributed by atoms with Crippen LogP contribution >= 0.6 is 24.8 Å². The monoisotopic (exact) mass is 453 g/mol. The average Bonchev–Trinajstić information content (AvgIpc) is 3.11. The molecule has 2 heterocycles. The minimum atomic E-state index is -0.366. The van der Waals surface area contributed by atoms with Crippen molar-refractivity contribution in [2.24, 2.45) is 0 Å². The van der Waals surface area contributed by atoms with Crippen LogP contribution in [0.2, 0.25) is 0 Å². The first-order valence-electron chi connectivity index (χ1n) is 8.95. The summed E-state index contributed by atoms with van der Waals surface area (Å²) in [5.74, 6) is -0.540. The Kier molecular flexibility index (Phi) is 8.19. The topological polar surface area (TPSA) is 94.2 Å². The van der Waals surface area contributed by atoms with Crippen LogP contribution in [0.1, 0.15) is 22.0 Å². The molecule has 0 bridgehead atoms. The number of carbonyl (C=O) groups is 1. The van der Waals surface area contributed by atoms with Gasteiger partial charge in [-0.3, -0.25) is 4.79 Å². The summed E-state index contributed by atoms with van der Waals surface area (Å²) in [7, 11) is 0. The van der Waals surface area contributed by atoms with Crippen LogP contribution < -0.4 is 16.4 Å². The standard InChI is InChI=1S/C20H20FN5O2.2ClH/c21-14-3-7-16(8-4-14)26-19(22)17(11-24-26)20(27)25-15-5-1-13(2-6-15)18-12-23-9-10-28-18;;/h1-8,11,18,23H,9-10,12,22H2,(H,25,27);2*1H/t18-;;/m1../s1. The molecule has 1 amide bonds. The maximum Gasteiger partial charge on any atom is 0.261 e. The van der Waals surface area contributed by atoms with E-state index >= 15 is 0 Å². The predicted molar refractivity (Wildman–Crippen MR) is 118 cm³/mol. The highest BCUT2D eigenvalue weighted by Gasteiger charge is 2.18. The smallest absolute Gasteiger partial charge is 0.261 e. The molecule has 1 atom stereocenters. The Bertz CT molecular complexity index is 974. The van der Waals surface area contributed by atoms with Crippen molar-refractivity contribution >= 4 is 42.2 Å². The third-order valence-corrected chi connectivity index (χ3v) is 4.59. The molecule has 1 fully saturated rings.